The number of amides is 1. The molecule has 2 heterocycles. The van der Waals surface area contributed by atoms with Crippen LogP contribution in [0.15, 0.2) is 47.4 Å². The van der Waals surface area contributed by atoms with Gasteiger partial charge in [0, 0.05) is 19.3 Å². The lowest BCUT2D eigenvalue weighted by molar-refractivity contribution is 0.0761. The topological polar surface area (TPSA) is 63.6 Å². The summed E-state index contributed by atoms with van der Waals surface area (Å²) in [4.78, 5) is 25.8. The lowest BCUT2D eigenvalue weighted by Gasteiger charge is -2.28. The second-order valence-electron chi connectivity index (χ2n) is 4.82. The largest absolute Gasteiger partial charge is 0.482 e. The molecule has 0 saturated carbocycles. The molecule has 0 radical (unpaired) electrons. The predicted molar refractivity (Wildman–Crippen MR) is 77.8 cm³/mol. The molecule has 1 aromatic heterocycles. The van der Waals surface area contributed by atoms with Gasteiger partial charge >= 0.3 is 0 Å². The van der Waals surface area contributed by atoms with Crippen LogP contribution in [0.5, 0.6) is 5.75 Å². The summed E-state index contributed by atoms with van der Waals surface area (Å²) in [6.07, 6.45) is 1.54. The highest BCUT2D eigenvalue weighted by atomic mass is 16.5. The average Bonchev–Trinajstić information content (AvgIpc) is 2.51. The number of rotatable bonds is 3. The Hall–Kier alpha value is -2.76. The van der Waals surface area contributed by atoms with Gasteiger partial charge in [-0.25, -0.2) is 0 Å². The van der Waals surface area contributed by atoms with Gasteiger partial charge in [-0.2, -0.15) is 0 Å². The van der Waals surface area contributed by atoms with Gasteiger partial charge in [-0.05, 0) is 5.56 Å². The van der Waals surface area contributed by atoms with Crippen molar-refractivity contribution in [3.8, 4) is 5.75 Å². The molecule has 0 atom stereocenters. The van der Waals surface area contributed by atoms with E-state index in [0.717, 1.165) is 5.56 Å². The molecular weight excluding hydrogens is 270 g/mol. The van der Waals surface area contributed by atoms with Crippen LogP contribution in [0.1, 0.15) is 16.1 Å². The van der Waals surface area contributed by atoms with E-state index in [1.54, 1.807) is 7.05 Å². The van der Waals surface area contributed by atoms with E-state index in [9.17, 15) is 9.59 Å². The Morgan fingerprint density at radius 1 is 1.19 bits per heavy atom. The Morgan fingerprint density at radius 2 is 1.95 bits per heavy atom. The summed E-state index contributed by atoms with van der Waals surface area (Å²) in [6.45, 7) is 0.622. The van der Waals surface area contributed by atoms with Crippen molar-refractivity contribution in [3.63, 3.8) is 0 Å². The minimum Gasteiger partial charge on any atom is -0.482 e. The molecule has 108 valence electrons. The molecule has 0 saturated heterocycles. The SMILES string of the molecule is CN1CNn2ccc(=O)c(OCc3ccccc3)c2C1=O. The maximum absolute atomic E-state index is 12.2. The zero-order chi connectivity index (χ0) is 14.8. The van der Waals surface area contributed by atoms with Gasteiger partial charge in [-0.1, -0.05) is 30.3 Å². The van der Waals surface area contributed by atoms with Gasteiger partial charge in [-0.15, -0.1) is 0 Å². The number of aromatic nitrogens is 1. The number of nitrogens with one attached hydrogen (secondary N) is 1. The zero-order valence-electron chi connectivity index (χ0n) is 11.6. The third kappa shape index (κ3) is 2.47. The van der Waals surface area contributed by atoms with Gasteiger partial charge in [0.15, 0.2) is 11.4 Å². The quantitative estimate of drug-likeness (QED) is 0.914. The number of pyridine rings is 1. The van der Waals surface area contributed by atoms with Crippen molar-refractivity contribution < 1.29 is 9.53 Å². The molecule has 3 rings (SSSR count). The smallest absolute Gasteiger partial charge is 0.277 e. The molecule has 0 fully saturated rings. The van der Waals surface area contributed by atoms with E-state index in [0.29, 0.717) is 6.67 Å². The summed E-state index contributed by atoms with van der Waals surface area (Å²) < 4.78 is 7.15. The summed E-state index contributed by atoms with van der Waals surface area (Å²) in [6, 6.07) is 10.9. The van der Waals surface area contributed by atoms with Gasteiger partial charge in [0.25, 0.3) is 5.91 Å². The van der Waals surface area contributed by atoms with Crippen LogP contribution in [0.2, 0.25) is 0 Å². The fraction of sp³-hybridized carbons (Fsp3) is 0.200. The molecule has 2 aromatic rings. The average molecular weight is 285 g/mol. The van der Waals surface area contributed by atoms with Crippen LogP contribution in [-0.2, 0) is 6.61 Å². The van der Waals surface area contributed by atoms with Crippen LogP contribution in [0.4, 0.5) is 0 Å². The predicted octanol–water partition coefficient (Wildman–Crippen LogP) is 1.01. The summed E-state index contributed by atoms with van der Waals surface area (Å²) in [5.41, 5.74) is 3.87. The molecule has 0 bridgehead atoms. The van der Waals surface area contributed by atoms with Crippen molar-refractivity contribution in [2.24, 2.45) is 0 Å². The van der Waals surface area contributed by atoms with Crippen LogP contribution in [0, 0.1) is 0 Å². The monoisotopic (exact) mass is 285 g/mol. The number of fused-ring (bicyclic) bond motifs is 1. The fourth-order valence-corrected chi connectivity index (χ4v) is 2.15. The molecule has 0 unspecified atom stereocenters. The number of carbonyl (C=O) groups is 1. The number of hydrogen-bond donors (Lipinski definition) is 1. The Labute approximate surface area is 121 Å². The zero-order valence-corrected chi connectivity index (χ0v) is 11.6. The van der Waals surface area contributed by atoms with E-state index >= 15 is 0 Å². The molecule has 6 nitrogen and oxygen atoms in total. The second-order valence-corrected chi connectivity index (χ2v) is 4.82. The highest BCUT2D eigenvalue weighted by Crippen LogP contribution is 2.18. The van der Waals surface area contributed by atoms with Crippen LogP contribution < -0.4 is 15.6 Å². The first-order valence-electron chi connectivity index (χ1n) is 6.58. The highest BCUT2D eigenvalue weighted by molar-refractivity contribution is 5.95. The lowest BCUT2D eigenvalue weighted by atomic mass is 10.2. The molecule has 1 N–H and O–H groups in total. The maximum atomic E-state index is 12.2. The first kappa shape index (κ1) is 13.2. The summed E-state index contributed by atoms with van der Waals surface area (Å²) in [7, 11) is 1.66. The van der Waals surface area contributed by atoms with E-state index in [1.807, 2.05) is 30.3 Å². The van der Waals surface area contributed by atoms with Gasteiger partial charge < -0.3 is 15.1 Å². The Morgan fingerprint density at radius 3 is 2.71 bits per heavy atom. The van der Waals surface area contributed by atoms with Crippen LogP contribution in [0.3, 0.4) is 0 Å². The number of benzene rings is 1. The molecule has 1 amide bonds. The summed E-state index contributed by atoms with van der Waals surface area (Å²) in [5, 5.41) is 0. The van der Waals surface area contributed by atoms with E-state index < -0.39 is 0 Å². The van der Waals surface area contributed by atoms with Gasteiger partial charge in [-0.3, -0.25) is 14.3 Å². The van der Waals surface area contributed by atoms with Crippen molar-refractivity contribution in [3.05, 3.63) is 64.1 Å². The Kier molecular flexibility index (Phi) is 3.35. The molecule has 21 heavy (non-hydrogen) atoms. The Bertz CT molecular complexity index is 725. The van der Waals surface area contributed by atoms with Gasteiger partial charge in [0.05, 0.1) is 0 Å². The van der Waals surface area contributed by atoms with Gasteiger partial charge in [0.1, 0.15) is 13.3 Å². The fourth-order valence-electron chi connectivity index (χ4n) is 2.15. The Balaban J connectivity index is 1.95. The molecule has 0 spiro atoms. The number of ether oxygens (including phenoxy) is 1. The highest BCUT2D eigenvalue weighted by Gasteiger charge is 2.26. The van der Waals surface area contributed by atoms with E-state index in [4.69, 9.17) is 4.74 Å². The van der Waals surface area contributed by atoms with Crippen LogP contribution in [-0.4, -0.2) is 29.2 Å². The van der Waals surface area contributed by atoms with Crippen molar-refractivity contribution in [1.29, 1.82) is 0 Å². The summed E-state index contributed by atoms with van der Waals surface area (Å²) in [5.74, 6) is -0.167. The van der Waals surface area contributed by atoms with Crippen molar-refractivity contribution in [2.75, 3.05) is 19.1 Å². The maximum Gasteiger partial charge on any atom is 0.277 e. The van der Waals surface area contributed by atoms with E-state index in [2.05, 4.69) is 5.43 Å². The normalized spacial score (nSPS) is 13.6. The first-order chi connectivity index (χ1) is 10.2. The number of nitrogens with zero attached hydrogens (tertiary/aromatic N) is 2. The van der Waals surface area contributed by atoms with Crippen LogP contribution >= 0.6 is 0 Å². The third-order valence-electron chi connectivity index (χ3n) is 3.31. The third-order valence-corrected chi connectivity index (χ3v) is 3.31. The van der Waals surface area contributed by atoms with Crippen LogP contribution in [0.25, 0.3) is 0 Å². The molecule has 1 aliphatic rings. The summed E-state index contributed by atoms with van der Waals surface area (Å²) >= 11 is 0. The van der Waals surface area contributed by atoms with Crippen molar-refractivity contribution in [2.45, 2.75) is 6.61 Å². The van der Waals surface area contributed by atoms with E-state index in [-0.39, 0.29) is 29.4 Å². The molecule has 6 heteroatoms. The minimum atomic E-state index is -0.303. The lowest BCUT2D eigenvalue weighted by Crippen LogP contribution is -2.44. The first-order valence-corrected chi connectivity index (χ1v) is 6.58. The standard InChI is InChI=1S/C15H15N3O3/c1-17-10-16-18-8-7-12(19)14(13(18)15(17)20)21-9-11-5-3-2-4-6-11/h2-8,16H,9-10H2,1H3. The second kappa shape index (κ2) is 5.32. The van der Waals surface area contributed by atoms with E-state index in [1.165, 1.54) is 21.8 Å². The molecule has 1 aromatic carbocycles. The number of carbonyl (C=O) groups excluding carboxylic acids is 1. The van der Waals surface area contributed by atoms with Crippen molar-refractivity contribution >= 4 is 5.91 Å². The molecule has 0 aliphatic carbocycles. The molecule has 1 aliphatic heterocycles. The minimum absolute atomic E-state index is 0.0744. The number of hydrogen-bond acceptors (Lipinski definition) is 4. The van der Waals surface area contributed by atoms with Gasteiger partial charge in [0.2, 0.25) is 5.43 Å². The van der Waals surface area contributed by atoms with Crippen molar-refractivity contribution in [1.82, 2.24) is 9.58 Å². The molecular formula is C15H15N3O3.